The molecule has 0 saturated heterocycles. The molecule has 7 heteroatoms. The average molecular weight is 424 g/mol. The molecule has 162 valence electrons. The first-order valence-electron chi connectivity index (χ1n) is 10.6. The fourth-order valence-corrected chi connectivity index (χ4v) is 5.04. The van der Waals surface area contributed by atoms with Gasteiger partial charge in [0.1, 0.15) is 6.04 Å². The van der Waals surface area contributed by atoms with E-state index < -0.39 is 33.7 Å². The number of carbonyl (C=O) groups excluding carboxylic acids is 1. The Balaban J connectivity index is 2.25. The predicted molar refractivity (Wildman–Crippen MR) is 114 cm³/mol. The minimum Gasteiger partial charge on any atom is -0.480 e. The van der Waals surface area contributed by atoms with Gasteiger partial charge in [-0.15, -0.1) is 0 Å². The minimum atomic E-state index is -3.39. The number of carboxylic acids is 1. The number of carboxylic acid groups (broad SMARTS) is 1. The Kier molecular flexibility index (Phi) is 8.68. The van der Waals surface area contributed by atoms with E-state index in [2.05, 4.69) is 11.4 Å². The van der Waals surface area contributed by atoms with Crippen molar-refractivity contribution in [1.29, 1.82) is 0 Å². The molecule has 29 heavy (non-hydrogen) atoms. The maximum atomic E-state index is 12.9. The molecule has 1 amide bonds. The zero-order valence-electron chi connectivity index (χ0n) is 17.4. The number of nitrogens with one attached hydrogen (secondary N) is 1. The zero-order chi connectivity index (χ0) is 21.4. The van der Waals surface area contributed by atoms with Crippen molar-refractivity contribution in [1.82, 2.24) is 5.32 Å². The highest BCUT2D eigenvalue weighted by molar-refractivity contribution is 7.91. The molecular formula is C22H33NO5S. The minimum absolute atomic E-state index is 0.0398. The Hall–Kier alpha value is -1.89. The van der Waals surface area contributed by atoms with Gasteiger partial charge in [-0.25, -0.2) is 13.2 Å². The van der Waals surface area contributed by atoms with Crippen LogP contribution < -0.4 is 5.32 Å². The molecule has 6 nitrogen and oxygen atoms in total. The number of unbranched alkanes of at least 4 members (excludes halogenated alkanes) is 1. The van der Waals surface area contributed by atoms with Gasteiger partial charge in [0.05, 0.1) is 11.7 Å². The highest BCUT2D eigenvalue weighted by Crippen LogP contribution is 2.26. The maximum Gasteiger partial charge on any atom is 0.326 e. The second kappa shape index (κ2) is 10.8. The van der Waals surface area contributed by atoms with Crippen LogP contribution >= 0.6 is 0 Å². The summed E-state index contributed by atoms with van der Waals surface area (Å²) in [5.41, 5.74) is 3.51. The highest BCUT2D eigenvalue weighted by atomic mass is 32.2. The van der Waals surface area contributed by atoms with Gasteiger partial charge < -0.3 is 10.4 Å². The summed E-state index contributed by atoms with van der Waals surface area (Å²) < 4.78 is 24.6. The number of fused-ring (bicyclic) bond motifs is 1. The van der Waals surface area contributed by atoms with Crippen molar-refractivity contribution in [3.8, 4) is 0 Å². The van der Waals surface area contributed by atoms with Crippen LogP contribution in [0.5, 0.6) is 0 Å². The third-order valence-electron chi connectivity index (χ3n) is 5.69. The standard InChI is InChI=1S/C22H33NO5S/c1-3-5-13-20(22(25)26)23-21(24)18(15-29(27,28)4-2)14-17-11-8-10-16-9-6-7-12-19(16)17/h8,10-11,18,20H,3-7,9,12-15H2,1-2H3,(H,23,24)(H,25,26)/t18-,20+/m1/s1. The van der Waals surface area contributed by atoms with Crippen molar-refractivity contribution >= 4 is 21.7 Å². The molecule has 2 rings (SSSR count). The van der Waals surface area contributed by atoms with Crippen molar-refractivity contribution in [2.24, 2.45) is 5.92 Å². The summed E-state index contributed by atoms with van der Waals surface area (Å²) in [6.07, 6.45) is 6.33. The molecule has 1 aromatic carbocycles. The Labute approximate surface area is 174 Å². The van der Waals surface area contributed by atoms with Gasteiger partial charge in [0, 0.05) is 5.75 Å². The second-order valence-electron chi connectivity index (χ2n) is 7.90. The van der Waals surface area contributed by atoms with E-state index in [-0.39, 0.29) is 11.5 Å². The lowest BCUT2D eigenvalue weighted by molar-refractivity contribution is -0.142. The number of aliphatic carboxylic acids is 1. The molecule has 0 spiro atoms. The van der Waals surface area contributed by atoms with Gasteiger partial charge in [-0.05, 0) is 55.2 Å². The normalized spacial score (nSPS) is 15.9. The molecule has 1 aliphatic carbocycles. The van der Waals surface area contributed by atoms with E-state index in [1.165, 1.54) is 11.1 Å². The van der Waals surface area contributed by atoms with Gasteiger partial charge in [0.2, 0.25) is 5.91 Å². The summed E-state index contributed by atoms with van der Waals surface area (Å²) in [5.74, 6) is -2.67. The third-order valence-corrected chi connectivity index (χ3v) is 7.48. The van der Waals surface area contributed by atoms with Crippen LogP contribution in [0.1, 0.15) is 62.6 Å². The number of carbonyl (C=O) groups is 2. The number of benzene rings is 1. The molecule has 0 bridgehead atoms. The van der Waals surface area contributed by atoms with Gasteiger partial charge in [0.15, 0.2) is 9.84 Å². The number of amides is 1. The number of sulfone groups is 1. The highest BCUT2D eigenvalue weighted by Gasteiger charge is 2.29. The lowest BCUT2D eigenvalue weighted by Crippen LogP contribution is -2.45. The van der Waals surface area contributed by atoms with Crippen LogP contribution in [0.2, 0.25) is 0 Å². The Morgan fingerprint density at radius 3 is 2.55 bits per heavy atom. The Morgan fingerprint density at radius 1 is 1.17 bits per heavy atom. The van der Waals surface area contributed by atoms with Crippen LogP contribution in [-0.2, 0) is 38.7 Å². The quantitative estimate of drug-likeness (QED) is 0.570. The fraction of sp³-hybridized carbons (Fsp3) is 0.636. The van der Waals surface area contributed by atoms with Crippen molar-refractivity contribution < 1.29 is 23.1 Å². The van der Waals surface area contributed by atoms with Gasteiger partial charge in [-0.3, -0.25) is 4.79 Å². The van der Waals surface area contributed by atoms with Crippen LogP contribution in [0.4, 0.5) is 0 Å². The number of hydrogen-bond acceptors (Lipinski definition) is 4. The van der Waals surface area contributed by atoms with Crippen molar-refractivity contribution in [2.75, 3.05) is 11.5 Å². The van der Waals surface area contributed by atoms with Crippen LogP contribution in [0.3, 0.4) is 0 Å². The molecule has 2 N–H and O–H groups in total. The SMILES string of the molecule is CCCC[C@H](NC(=O)[C@H](Cc1cccc2c1CCCC2)CS(=O)(=O)CC)C(=O)O. The van der Waals surface area contributed by atoms with E-state index in [4.69, 9.17) is 0 Å². The van der Waals surface area contributed by atoms with E-state index in [0.717, 1.165) is 37.7 Å². The topological polar surface area (TPSA) is 101 Å². The monoisotopic (exact) mass is 423 g/mol. The molecule has 0 aliphatic heterocycles. The van der Waals surface area contributed by atoms with E-state index in [0.29, 0.717) is 19.3 Å². The molecule has 1 aliphatic rings. The first kappa shape index (κ1) is 23.4. The summed E-state index contributed by atoms with van der Waals surface area (Å²) in [7, 11) is -3.39. The van der Waals surface area contributed by atoms with Crippen LogP contribution in [0.25, 0.3) is 0 Å². The van der Waals surface area contributed by atoms with Crippen LogP contribution in [0.15, 0.2) is 18.2 Å². The summed E-state index contributed by atoms with van der Waals surface area (Å²) in [6, 6.07) is 5.04. The molecule has 0 saturated carbocycles. The molecule has 0 unspecified atom stereocenters. The molecule has 2 atom stereocenters. The van der Waals surface area contributed by atoms with Gasteiger partial charge in [-0.1, -0.05) is 44.9 Å². The van der Waals surface area contributed by atoms with Gasteiger partial charge in [-0.2, -0.15) is 0 Å². The molecule has 0 heterocycles. The first-order chi connectivity index (χ1) is 13.8. The average Bonchev–Trinajstić information content (AvgIpc) is 2.70. The molecule has 0 radical (unpaired) electrons. The number of aryl methyl sites for hydroxylation is 1. The largest absolute Gasteiger partial charge is 0.480 e. The lowest BCUT2D eigenvalue weighted by atomic mass is 9.85. The summed E-state index contributed by atoms with van der Waals surface area (Å²) in [4.78, 5) is 24.5. The first-order valence-corrected chi connectivity index (χ1v) is 12.4. The predicted octanol–water partition coefficient (Wildman–Crippen LogP) is 2.92. The number of rotatable bonds is 11. The second-order valence-corrected chi connectivity index (χ2v) is 10.3. The Morgan fingerprint density at radius 2 is 1.90 bits per heavy atom. The third kappa shape index (κ3) is 6.84. The smallest absolute Gasteiger partial charge is 0.326 e. The molecule has 0 fully saturated rings. The summed E-state index contributed by atoms with van der Waals surface area (Å²) >= 11 is 0. The fourth-order valence-electron chi connectivity index (χ4n) is 3.92. The van der Waals surface area contributed by atoms with E-state index in [9.17, 15) is 23.1 Å². The van der Waals surface area contributed by atoms with E-state index in [1.54, 1.807) is 6.92 Å². The van der Waals surface area contributed by atoms with Crippen molar-refractivity contribution in [3.63, 3.8) is 0 Å². The van der Waals surface area contributed by atoms with Crippen LogP contribution in [-0.4, -0.2) is 42.9 Å². The van der Waals surface area contributed by atoms with Crippen LogP contribution in [0, 0.1) is 5.92 Å². The summed E-state index contributed by atoms with van der Waals surface area (Å²) in [5, 5.41) is 12.0. The van der Waals surface area contributed by atoms with Gasteiger partial charge >= 0.3 is 5.97 Å². The van der Waals surface area contributed by atoms with Gasteiger partial charge in [0.25, 0.3) is 0 Å². The van der Waals surface area contributed by atoms with E-state index >= 15 is 0 Å². The molecule has 1 aromatic rings. The zero-order valence-corrected chi connectivity index (χ0v) is 18.3. The van der Waals surface area contributed by atoms with Crippen molar-refractivity contribution in [2.45, 2.75) is 71.3 Å². The van der Waals surface area contributed by atoms with E-state index in [1.807, 2.05) is 19.1 Å². The lowest BCUT2D eigenvalue weighted by Gasteiger charge is -2.24. The van der Waals surface area contributed by atoms with Crippen molar-refractivity contribution in [3.05, 3.63) is 34.9 Å². The summed E-state index contributed by atoms with van der Waals surface area (Å²) in [6.45, 7) is 3.52. The Bertz CT molecular complexity index is 818. The molecular weight excluding hydrogens is 390 g/mol. The maximum absolute atomic E-state index is 12.9. The molecule has 0 aromatic heterocycles. The number of hydrogen-bond donors (Lipinski definition) is 2.